The van der Waals surface area contributed by atoms with Crippen molar-refractivity contribution in [3.8, 4) is 6.07 Å². The minimum Gasteiger partial charge on any atom is -0.419 e. The van der Waals surface area contributed by atoms with E-state index in [1.165, 1.54) is 13.8 Å². The Kier molecular flexibility index (Phi) is 4.00. The van der Waals surface area contributed by atoms with Gasteiger partial charge in [0.1, 0.15) is 11.8 Å². The number of hydrogen-bond donors (Lipinski definition) is 1. The molecule has 0 atom stereocenters. The van der Waals surface area contributed by atoms with E-state index in [0.717, 1.165) is 4.47 Å². The molecule has 21 heavy (non-hydrogen) atoms. The summed E-state index contributed by atoms with van der Waals surface area (Å²) in [5.74, 6) is -3.12. The molecular weight excluding hydrogens is 340 g/mol. The van der Waals surface area contributed by atoms with E-state index in [1.807, 2.05) is 0 Å². The normalized spacial score (nSPS) is 16.6. The first kappa shape index (κ1) is 15.1. The van der Waals surface area contributed by atoms with E-state index in [2.05, 4.69) is 21.2 Å². The summed E-state index contributed by atoms with van der Waals surface area (Å²) in [7, 11) is 0. The summed E-state index contributed by atoms with van der Waals surface area (Å²) >= 11 is 3.28. The molecule has 1 saturated heterocycles. The second-order valence-corrected chi connectivity index (χ2v) is 5.59. The predicted molar refractivity (Wildman–Crippen MR) is 76.7 cm³/mol. The second-order valence-electron chi connectivity index (χ2n) is 4.67. The predicted octanol–water partition coefficient (Wildman–Crippen LogP) is 2.47. The van der Waals surface area contributed by atoms with Crippen molar-refractivity contribution in [3.05, 3.63) is 40.0 Å². The quantitative estimate of drug-likeness (QED) is 0.381. The maximum atomic E-state index is 11.9. The number of halogens is 1. The third-order valence-electron chi connectivity index (χ3n) is 2.56. The Labute approximate surface area is 129 Å². The number of carbonyl (C=O) groups excluding carboxylic acids is 2. The summed E-state index contributed by atoms with van der Waals surface area (Å²) < 4.78 is 10.8. The molecule has 2 rings (SSSR count). The number of cyclic esters (lactones) is 2. The molecule has 6 nitrogen and oxygen atoms in total. The first-order chi connectivity index (χ1) is 9.82. The van der Waals surface area contributed by atoms with Crippen LogP contribution in [0.5, 0.6) is 0 Å². The molecule has 7 heteroatoms. The highest BCUT2D eigenvalue weighted by Crippen LogP contribution is 2.25. The monoisotopic (exact) mass is 350 g/mol. The summed E-state index contributed by atoms with van der Waals surface area (Å²) in [6.45, 7) is 2.88. The van der Waals surface area contributed by atoms with Gasteiger partial charge in [0.05, 0.1) is 0 Å². The lowest BCUT2D eigenvalue weighted by molar-refractivity contribution is -0.222. The maximum absolute atomic E-state index is 11.9. The average molecular weight is 351 g/mol. The molecule has 108 valence electrons. The number of esters is 2. The lowest BCUT2D eigenvalue weighted by Gasteiger charge is -2.30. The molecule has 1 aromatic carbocycles. The fourth-order valence-corrected chi connectivity index (χ4v) is 1.95. The number of carbonyl (C=O) groups is 2. The van der Waals surface area contributed by atoms with Gasteiger partial charge in [-0.1, -0.05) is 15.9 Å². The van der Waals surface area contributed by atoms with Gasteiger partial charge in [0.2, 0.25) is 0 Å². The highest BCUT2D eigenvalue weighted by Gasteiger charge is 2.41. The third-order valence-corrected chi connectivity index (χ3v) is 3.09. The topological polar surface area (TPSA) is 88.4 Å². The second kappa shape index (κ2) is 5.58. The van der Waals surface area contributed by atoms with Crippen LogP contribution in [0.2, 0.25) is 0 Å². The largest absolute Gasteiger partial charge is 0.419 e. The summed E-state index contributed by atoms with van der Waals surface area (Å²) in [5, 5.41) is 11.9. The van der Waals surface area contributed by atoms with E-state index >= 15 is 0 Å². The van der Waals surface area contributed by atoms with Crippen molar-refractivity contribution in [3.63, 3.8) is 0 Å². The van der Waals surface area contributed by atoms with Crippen molar-refractivity contribution in [1.29, 1.82) is 5.26 Å². The van der Waals surface area contributed by atoms with Crippen LogP contribution in [-0.2, 0) is 19.1 Å². The van der Waals surface area contributed by atoms with Crippen molar-refractivity contribution in [2.75, 3.05) is 5.32 Å². The molecule has 0 spiro atoms. The van der Waals surface area contributed by atoms with Crippen LogP contribution in [0.15, 0.2) is 40.0 Å². The number of hydrogen-bond acceptors (Lipinski definition) is 6. The Bertz CT molecular complexity index is 649. The Morgan fingerprint density at radius 2 is 1.71 bits per heavy atom. The number of nitriles is 1. The number of rotatable bonds is 2. The molecule has 1 aromatic rings. The zero-order valence-electron chi connectivity index (χ0n) is 11.3. The molecule has 0 aliphatic carbocycles. The first-order valence-corrected chi connectivity index (χ1v) is 6.75. The van der Waals surface area contributed by atoms with Gasteiger partial charge in [-0.3, -0.25) is 0 Å². The molecule has 1 N–H and O–H groups in total. The van der Waals surface area contributed by atoms with E-state index in [1.54, 1.807) is 30.3 Å². The molecule has 0 unspecified atom stereocenters. The lowest BCUT2D eigenvalue weighted by atomic mass is 10.1. The fraction of sp³-hybridized carbons (Fsp3) is 0.214. The smallest absolute Gasteiger partial charge is 0.351 e. The number of anilines is 1. The van der Waals surface area contributed by atoms with E-state index in [9.17, 15) is 9.59 Å². The molecule has 1 aliphatic heterocycles. The van der Waals surface area contributed by atoms with Crippen LogP contribution in [0.3, 0.4) is 0 Å². The van der Waals surface area contributed by atoms with Crippen LogP contribution >= 0.6 is 15.9 Å². The molecule has 1 aliphatic rings. The van der Waals surface area contributed by atoms with Crippen molar-refractivity contribution >= 4 is 33.6 Å². The summed E-state index contributed by atoms with van der Waals surface area (Å²) in [5.41, 5.74) is -0.116. The number of ether oxygens (including phenoxy) is 2. The van der Waals surface area contributed by atoms with E-state index in [4.69, 9.17) is 14.7 Å². The molecule has 0 radical (unpaired) electrons. The zero-order chi connectivity index (χ0) is 15.6. The van der Waals surface area contributed by atoms with Gasteiger partial charge >= 0.3 is 11.9 Å². The molecular formula is C14H11BrN2O4. The Hall–Kier alpha value is -2.33. The average Bonchev–Trinajstić information content (AvgIpc) is 2.37. The first-order valence-electron chi connectivity index (χ1n) is 5.96. The number of allylic oxidation sites excluding steroid dienone is 1. The minimum atomic E-state index is -1.34. The number of nitrogens with zero attached hydrogens (tertiary/aromatic N) is 1. The van der Waals surface area contributed by atoms with Gasteiger partial charge < -0.3 is 14.8 Å². The molecule has 0 amide bonds. The molecule has 1 fully saturated rings. The SMILES string of the molecule is CC1(C)OC(=O)C(=C(C#N)Nc2ccc(Br)cc2)C(=O)O1. The highest BCUT2D eigenvalue weighted by atomic mass is 79.9. The van der Waals surface area contributed by atoms with Gasteiger partial charge in [-0.2, -0.15) is 5.26 Å². The number of nitrogens with one attached hydrogen (secondary N) is 1. The van der Waals surface area contributed by atoms with Crippen molar-refractivity contribution in [2.45, 2.75) is 19.6 Å². The van der Waals surface area contributed by atoms with Gasteiger partial charge in [0.25, 0.3) is 5.79 Å². The third kappa shape index (κ3) is 3.41. The number of benzene rings is 1. The molecule has 0 aromatic heterocycles. The Morgan fingerprint density at radius 3 is 2.19 bits per heavy atom. The van der Waals surface area contributed by atoms with Gasteiger partial charge in [0, 0.05) is 24.0 Å². The van der Waals surface area contributed by atoms with Crippen LogP contribution in [0.4, 0.5) is 5.69 Å². The van der Waals surface area contributed by atoms with Gasteiger partial charge in [-0.25, -0.2) is 9.59 Å². The minimum absolute atomic E-state index is 0.220. The van der Waals surface area contributed by atoms with Crippen LogP contribution in [0, 0.1) is 11.3 Å². The molecule has 0 saturated carbocycles. The van der Waals surface area contributed by atoms with Crippen LogP contribution in [0.1, 0.15) is 13.8 Å². The van der Waals surface area contributed by atoms with Crippen molar-refractivity contribution in [1.82, 2.24) is 0 Å². The van der Waals surface area contributed by atoms with Gasteiger partial charge in [0.15, 0.2) is 5.57 Å². The summed E-state index contributed by atoms with van der Waals surface area (Å²) in [4.78, 5) is 23.8. The fourth-order valence-electron chi connectivity index (χ4n) is 1.68. The van der Waals surface area contributed by atoms with E-state index in [0.29, 0.717) is 5.69 Å². The van der Waals surface area contributed by atoms with Crippen LogP contribution in [0.25, 0.3) is 0 Å². The van der Waals surface area contributed by atoms with Crippen molar-refractivity contribution < 1.29 is 19.1 Å². The standard InChI is InChI=1S/C14H11BrN2O4/c1-14(2)20-12(18)11(13(19)21-14)10(7-16)17-9-5-3-8(15)4-6-9/h3-6,17H,1-2H3. The van der Waals surface area contributed by atoms with E-state index in [-0.39, 0.29) is 5.70 Å². The highest BCUT2D eigenvalue weighted by molar-refractivity contribution is 9.10. The lowest BCUT2D eigenvalue weighted by Crippen LogP contribution is -2.42. The Morgan fingerprint density at radius 1 is 1.19 bits per heavy atom. The maximum Gasteiger partial charge on any atom is 0.351 e. The summed E-state index contributed by atoms with van der Waals surface area (Å²) in [6, 6.07) is 8.66. The summed E-state index contributed by atoms with van der Waals surface area (Å²) in [6.07, 6.45) is 0. The van der Waals surface area contributed by atoms with Crippen LogP contribution < -0.4 is 5.32 Å². The zero-order valence-corrected chi connectivity index (χ0v) is 12.9. The molecule has 0 bridgehead atoms. The van der Waals surface area contributed by atoms with E-state index < -0.39 is 23.3 Å². The van der Waals surface area contributed by atoms with Gasteiger partial charge in [-0.15, -0.1) is 0 Å². The van der Waals surface area contributed by atoms with Crippen LogP contribution in [-0.4, -0.2) is 17.7 Å². The Balaban J connectivity index is 2.35. The van der Waals surface area contributed by atoms with Gasteiger partial charge in [-0.05, 0) is 24.3 Å². The van der Waals surface area contributed by atoms with Crippen molar-refractivity contribution in [2.24, 2.45) is 0 Å². The molecule has 1 heterocycles.